The molecule has 4 atom stereocenters. The Balaban J connectivity index is 1.37. The van der Waals surface area contributed by atoms with Crippen LogP contribution in [0.4, 0.5) is 0 Å². The summed E-state index contributed by atoms with van der Waals surface area (Å²) in [6.45, 7) is 3.46. The van der Waals surface area contributed by atoms with Crippen LogP contribution in [0, 0.1) is 6.92 Å². The van der Waals surface area contributed by atoms with Crippen LogP contribution in [0.5, 0.6) is 5.75 Å². The van der Waals surface area contributed by atoms with Crippen LogP contribution in [0.1, 0.15) is 27.8 Å². The van der Waals surface area contributed by atoms with E-state index in [0.717, 1.165) is 27.8 Å². The van der Waals surface area contributed by atoms with E-state index in [1.807, 2.05) is 153 Å². The van der Waals surface area contributed by atoms with E-state index in [0.29, 0.717) is 31.3 Å². The highest BCUT2D eigenvalue weighted by atomic mass is 35.5. The lowest BCUT2D eigenvalue weighted by Gasteiger charge is -2.32. The van der Waals surface area contributed by atoms with Gasteiger partial charge in [-0.25, -0.2) is 0 Å². The average Bonchev–Trinajstić information content (AvgIpc) is 3.25. The van der Waals surface area contributed by atoms with Gasteiger partial charge in [-0.15, -0.1) is 0 Å². The molecular formula is C42H41ClO6. The summed E-state index contributed by atoms with van der Waals surface area (Å²) < 4.78 is 39.6. The van der Waals surface area contributed by atoms with Crippen molar-refractivity contribution in [2.45, 2.75) is 58.0 Å². The molecule has 6 rings (SSSR count). The maximum absolute atomic E-state index is 7.28. The number of hydrogen-bond acceptors (Lipinski definition) is 6. The zero-order valence-corrected chi connectivity index (χ0v) is 28.3. The van der Waals surface area contributed by atoms with Crippen LogP contribution in [0.25, 0.3) is 0 Å². The van der Waals surface area contributed by atoms with Crippen LogP contribution in [-0.2, 0) is 50.1 Å². The molecule has 5 aromatic rings. The molecule has 7 heteroatoms. The SMILES string of the molecule is Cc1ccc(OC2O[C@H](COCc3ccccc3)[C@@H](OCc3ccccc3)[C@H](OCc3ccccc3)C(OCc3ccccc3)=C2Cl)cc1. The molecule has 1 unspecified atom stereocenters. The molecule has 0 aliphatic carbocycles. The smallest absolute Gasteiger partial charge is 0.241 e. The molecule has 0 radical (unpaired) electrons. The van der Waals surface area contributed by atoms with Crippen LogP contribution in [0.2, 0.25) is 0 Å². The van der Waals surface area contributed by atoms with Crippen LogP contribution in [0.3, 0.4) is 0 Å². The van der Waals surface area contributed by atoms with Crippen molar-refractivity contribution in [3.63, 3.8) is 0 Å². The lowest BCUT2D eigenvalue weighted by molar-refractivity contribution is -0.189. The zero-order chi connectivity index (χ0) is 33.7. The molecule has 1 aliphatic heterocycles. The van der Waals surface area contributed by atoms with Crippen molar-refractivity contribution < 1.29 is 28.4 Å². The standard InChI is InChI=1S/C42H41ClO6/c1-31-22-24-36(25-23-31)48-42-38(43)40(46-28-34-18-10-4-11-19-34)41(47-29-35-20-12-5-13-21-35)39(45-27-33-16-8-3-9-17-33)37(49-42)30-44-26-32-14-6-2-7-15-32/h2-25,37,39,41-42H,26-30H2,1H3/t37-,39-,41+,42?/m1/s1. The van der Waals surface area contributed by atoms with E-state index in [4.69, 9.17) is 40.0 Å². The summed E-state index contributed by atoms with van der Waals surface area (Å²) in [5, 5.41) is 0.244. The molecule has 0 N–H and O–H groups in total. The third-order valence-electron chi connectivity index (χ3n) is 8.12. The second kappa shape index (κ2) is 17.8. The minimum atomic E-state index is -1.02. The van der Waals surface area contributed by atoms with E-state index < -0.39 is 24.6 Å². The highest BCUT2D eigenvalue weighted by Gasteiger charge is 2.44. The van der Waals surface area contributed by atoms with E-state index >= 15 is 0 Å². The highest BCUT2D eigenvalue weighted by Crippen LogP contribution is 2.35. The molecule has 0 fully saturated rings. The Hall–Kier alpha value is -4.43. The number of benzene rings is 5. The van der Waals surface area contributed by atoms with Crippen molar-refractivity contribution in [3.05, 3.63) is 184 Å². The summed E-state index contributed by atoms with van der Waals surface area (Å²) >= 11 is 7.28. The molecule has 1 heterocycles. The van der Waals surface area contributed by atoms with Crippen molar-refractivity contribution in [1.82, 2.24) is 0 Å². The molecule has 0 aromatic heterocycles. The summed E-state index contributed by atoms with van der Waals surface area (Å²) in [6.07, 6.45) is -3.13. The average molecular weight is 677 g/mol. The summed E-state index contributed by atoms with van der Waals surface area (Å²) in [5.74, 6) is 0.993. The Kier molecular flexibility index (Phi) is 12.5. The summed E-state index contributed by atoms with van der Waals surface area (Å²) in [6, 6.07) is 47.7. The molecule has 0 saturated carbocycles. The summed E-state index contributed by atoms with van der Waals surface area (Å²) in [7, 11) is 0. The predicted molar refractivity (Wildman–Crippen MR) is 191 cm³/mol. The lowest BCUT2D eigenvalue weighted by atomic mass is 10.1. The quantitative estimate of drug-likeness (QED) is 0.110. The topological polar surface area (TPSA) is 55.4 Å². The molecule has 5 aromatic carbocycles. The van der Waals surface area contributed by atoms with Gasteiger partial charge in [0.25, 0.3) is 0 Å². The molecule has 0 spiro atoms. The summed E-state index contributed by atoms with van der Waals surface area (Å²) in [4.78, 5) is 0. The second-order valence-corrected chi connectivity index (χ2v) is 12.3. The molecule has 0 amide bonds. The number of rotatable bonds is 15. The largest absolute Gasteiger partial charge is 0.489 e. The van der Waals surface area contributed by atoms with Gasteiger partial charge in [-0.05, 0) is 41.3 Å². The zero-order valence-electron chi connectivity index (χ0n) is 27.5. The maximum atomic E-state index is 7.28. The molecule has 6 nitrogen and oxygen atoms in total. The fraction of sp³-hybridized carbons (Fsp3) is 0.238. The lowest BCUT2D eigenvalue weighted by Crippen LogP contribution is -2.46. The van der Waals surface area contributed by atoms with Gasteiger partial charge in [-0.1, -0.05) is 151 Å². The van der Waals surface area contributed by atoms with Crippen molar-refractivity contribution in [3.8, 4) is 5.75 Å². The van der Waals surface area contributed by atoms with E-state index in [-0.39, 0.29) is 18.2 Å². The Bertz CT molecular complexity index is 1720. The first kappa shape index (κ1) is 34.4. The van der Waals surface area contributed by atoms with Crippen LogP contribution in [0.15, 0.2) is 156 Å². The van der Waals surface area contributed by atoms with Crippen molar-refractivity contribution in [2.75, 3.05) is 6.61 Å². The minimum absolute atomic E-state index is 0.184. The fourth-order valence-electron chi connectivity index (χ4n) is 5.49. The second-order valence-electron chi connectivity index (χ2n) is 11.9. The highest BCUT2D eigenvalue weighted by molar-refractivity contribution is 6.30. The first-order valence-electron chi connectivity index (χ1n) is 16.5. The van der Waals surface area contributed by atoms with Gasteiger partial charge < -0.3 is 28.4 Å². The Morgan fingerprint density at radius 1 is 0.571 bits per heavy atom. The van der Waals surface area contributed by atoms with Gasteiger partial charge in [-0.3, -0.25) is 0 Å². The van der Waals surface area contributed by atoms with Gasteiger partial charge in [0.15, 0.2) is 0 Å². The van der Waals surface area contributed by atoms with Gasteiger partial charge in [0.1, 0.15) is 41.5 Å². The monoisotopic (exact) mass is 676 g/mol. The van der Waals surface area contributed by atoms with Crippen molar-refractivity contribution >= 4 is 11.6 Å². The minimum Gasteiger partial charge on any atom is -0.489 e. The first-order chi connectivity index (χ1) is 24.1. The molecule has 0 bridgehead atoms. The number of halogens is 1. The van der Waals surface area contributed by atoms with Gasteiger partial charge in [0, 0.05) is 0 Å². The van der Waals surface area contributed by atoms with Gasteiger partial charge in [0.05, 0.1) is 26.4 Å². The molecule has 1 aliphatic rings. The number of aryl methyl sites for hydroxylation is 1. The van der Waals surface area contributed by atoms with E-state index in [1.165, 1.54) is 0 Å². The van der Waals surface area contributed by atoms with E-state index in [2.05, 4.69) is 0 Å². The van der Waals surface area contributed by atoms with E-state index in [9.17, 15) is 0 Å². The molecule has 252 valence electrons. The van der Waals surface area contributed by atoms with Gasteiger partial charge in [0.2, 0.25) is 6.29 Å². The Morgan fingerprint density at radius 3 is 1.61 bits per heavy atom. The molecule has 49 heavy (non-hydrogen) atoms. The van der Waals surface area contributed by atoms with Crippen LogP contribution < -0.4 is 4.74 Å². The van der Waals surface area contributed by atoms with Gasteiger partial charge >= 0.3 is 0 Å². The Labute approximate surface area is 293 Å². The van der Waals surface area contributed by atoms with Crippen LogP contribution in [-0.4, -0.2) is 31.2 Å². The third-order valence-corrected chi connectivity index (χ3v) is 8.48. The van der Waals surface area contributed by atoms with Gasteiger partial charge in [-0.2, -0.15) is 0 Å². The van der Waals surface area contributed by atoms with E-state index in [1.54, 1.807) is 0 Å². The van der Waals surface area contributed by atoms with Crippen molar-refractivity contribution in [1.29, 1.82) is 0 Å². The number of ether oxygens (including phenoxy) is 6. The first-order valence-corrected chi connectivity index (χ1v) is 16.9. The van der Waals surface area contributed by atoms with Crippen LogP contribution >= 0.6 is 11.6 Å². The predicted octanol–water partition coefficient (Wildman–Crippen LogP) is 9.15. The van der Waals surface area contributed by atoms with Crippen molar-refractivity contribution in [2.24, 2.45) is 0 Å². The Morgan fingerprint density at radius 2 is 1.06 bits per heavy atom. The third kappa shape index (κ3) is 10.0. The molecular weight excluding hydrogens is 636 g/mol. The normalized spacial score (nSPS) is 19.3. The maximum Gasteiger partial charge on any atom is 0.241 e. The summed E-state index contributed by atoms with van der Waals surface area (Å²) in [5.41, 5.74) is 5.14. The molecule has 0 saturated heterocycles. The number of hydrogen-bond donors (Lipinski definition) is 0. The fourth-order valence-corrected chi connectivity index (χ4v) is 5.75.